The molecule has 2 heterocycles. The van der Waals surface area contributed by atoms with E-state index in [4.69, 9.17) is 0 Å². The molecule has 0 saturated heterocycles. The van der Waals surface area contributed by atoms with Gasteiger partial charge in [0.25, 0.3) is 5.91 Å². The highest BCUT2D eigenvalue weighted by Crippen LogP contribution is 2.29. The minimum absolute atomic E-state index is 0. The number of rotatable bonds is 4. The molecule has 1 amide bonds. The Morgan fingerprint density at radius 2 is 1.83 bits per heavy atom. The first-order valence-corrected chi connectivity index (χ1v) is 9.02. The number of nitrogens with zero attached hydrogens (tertiary/aromatic N) is 4. The molecule has 0 unspecified atom stereocenters. The number of anilines is 2. The van der Waals surface area contributed by atoms with Crippen LogP contribution in [0.25, 0.3) is 22.4 Å². The number of aryl methyl sites for hydroxylation is 2. The molecule has 4 aromatic rings. The summed E-state index contributed by atoms with van der Waals surface area (Å²) in [7, 11) is 3.41. The Hall–Kier alpha value is -3.52. The summed E-state index contributed by atoms with van der Waals surface area (Å²) < 4.78 is 15.0. The molecule has 0 aliphatic heterocycles. The molecule has 2 aromatic heterocycles. The van der Waals surface area contributed by atoms with Crippen molar-refractivity contribution in [2.45, 2.75) is 6.92 Å². The van der Waals surface area contributed by atoms with Crippen LogP contribution in [-0.2, 0) is 7.05 Å². The van der Waals surface area contributed by atoms with Gasteiger partial charge in [-0.25, -0.2) is 14.4 Å². The van der Waals surface area contributed by atoms with Crippen LogP contribution in [0.1, 0.15) is 16.1 Å². The monoisotopic (exact) mass is 426 g/mol. The largest absolute Gasteiger partial charge is 0.355 e. The number of nitrogens with one attached hydrogen (secondary N) is 2. The first kappa shape index (κ1) is 21.2. The number of hydrogen-bond donors (Lipinski definition) is 2. The lowest BCUT2D eigenvalue weighted by molar-refractivity contribution is 0.0963. The molecule has 154 valence electrons. The van der Waals surface area contributed by atoms with Crippen molar-refractivity contribution >= 4 is 40.9 Å². The first-order valence-electron chi connectivity index (χ1n) is 9.02. The van der Waals surface area contributed by atoms with E-state index in [1.807, 2.05) is 20.0 Å². The van der Waals surface area contributed by atoms with Gasteiger partial charge in [0.2, 0.25) is 0 Å². The van der Waals surface area contributed by atoms with Gasteiger partial charge in [0.1, 0.15) is 16.9 Å². The van der Waals surface area contributed by atoms with Gasteiger partial charge in [-0.2, -0.15) is 5.10 Å². The van der Waals surface area contributed by atoms with Crippen LogP contribution >= 0.6 is 12.4 Å². The summed E-state index contributed by atoms with van der Waals surface area (Å²) in [6, 6.07) is 13.1. The van der Waals surface area contributed by atoms with Crippen molar-refractivity contribution in [3.63, 3.8) is 0 Å². The fourth-order valence-corrected chi connectivity index (χ4v) is 3.17. The Labute approximate surface area is 178 Å². The fourth-order valence-electron chi connectivity index (χ4n) is 3.17. The van der Waals surface area contributed by atoms with E-state index in [0.717, 1.165) is 11.2 Å². The molecule has 0 saturated carbocycles. The summed E-state index contributed by atoms with van der Waals surface area (Å²) in [5, 5.41) is 10.3. The minimum Gasteiger partial charge on any atom is -0.355 e. The molecule has 0 bridgehead atoms. The number of aromatic nitrogens is 4. The number of halogens is 2. The molecular weight excluding hydrogens is 407 g/mol. The highest BCUT2D eigenvalue weighted by atomic mass is 35.5. The molecule has 0 radical (unpaired) electrons. The Balaban J connectivity index is 0.00000256. The minimum atomic E-state index is -0.322. The predicted molar refractivity (Wildman–Crippen MR) is 117 cm³/mol. The van der Waals surface area contributed by atoms with E-state index in [1.54, 1.807) is 42.1 Å². The summed E-state index contributed by atoms with van der Waals surface area (Å²) in [6.45, 7) is 1.87. The van der Waals surface area contributed by atoms with Crippen molar-refractivity contribution in [3.05, 3.63) is 65.6 Å². The second-order valence-corrected chi connectivity index (χ2v) is 6.59. The van der Waals surface area contributed by atoms with Crippen LogP contribution in [0.4, 0.5) is 15.9 Å². The van der Waals surface area contributed by atoms with Crippen molar-refractivity contribution in [2.75, 3.05) is 12.4 Å². The smallest absolute Gasteiger partial charge is 0.251 e. The molecule has 4 rings (SSSR count). The van der Waals surface area contributed by atoms with Gasteiger partial charge in [0.15, 0.2) is 11.6 Å². The van der Waals surface area contributed by atoms with E-state index in [1.165, 1.54) is 12.1 Å². The Kier molecular flexibility index (Phi) is 5.98. The third-order valence-corrected chi connectivity index (χ3v) is 4.57. The fraction of sp³-hybridized carbons (Fsp3) is 0.143. The lowest BCUT2D eigenvalue weighted by Crippen LogP contribution is -2.17. The summed E-state index contributed by atoms with van der Waals surface area (Å²) in [4.78, 5) is 21.2. The SMILES string of the molecule is CNC(=O)c1cccc(Nc2nc(-c3ccc(F)cc3)nc3c(C)nn(C)c23)c1.Cl. The topological polar surface area (TPSA) is 84.7 Å². The summed E-state index contributed by atoms with van der Waals surface area (Å²) in [6.07, 6.45) is 0. The summed E-state index contributed by atoms with van der Waals surface area (Å²) >= 11 is 0. The van der Waals surface area contributed by atoms with E-state index in [-0.39, 0.29) is 24.1 Å². The number of fused-ring (bicyclic) bond motifs is 1. The molecule has 0 fully saturated rings. The van der Waals surface area contributed by atoms with Crippen LogP contribution in [-0.4, -0.2) is 32.7 Å². The van der Waals surface area contributed by atoms with E-state index in [9.17, 15) is 9.18 Å². The van der Waals surface area contributed by atoms with E-state index < -0.39 is 0 Å². The molecule has 2 N–H and O–H groups in total. The van der Waals surface area contributed by atoms with Gasteiger partial charge in [-0.1, -0.05) is 6.07 Å². The maximum Gasteiger partial charge on any atom is 0.251 e. The molecule has 30 heavy (non-hydrogen) atoms. The lowest BCUT2D eigenvalue weighted by atomic mass is 10.2. The first-order chi connectivity index (χ1) is 14.0. The number of hydrogen-bond acceptors (Lipinski definition) is 5. The van der Waals surface area contributed by atoms with Crippen LogP contribution in [0.2, 0.25) is 0 Å². The van der Waals surface area contributed by atoms with Crippen molar-refractivity contribution in [1.82, 2.24) is 25.1 Å². The molecule has 0 aliphatic rings. The maximum absolute atomic E-state index is 13.3. The van der Waals surface area contributed by atoms with Gasteiger partial charge in [-0.3, -0.25) is 9.48 Å². The zero-order valence-corrected chi connectivity index (χ0v) is 17.4. The molecule has 0 spiro atoms. The third-order valence-electron chi connectivity index (χ3n) is 4.57. The van der Waals surface area contributed by atoms with Crippen molar-refractivity contribution in [3.8, 4) is 11.4 Å². The molecular formula is C21H20ClFN6O. The van der Waals surface area contributed by atoms with Crippen molar-refractivity contribution < 1.29 is 9.18 Å². The van der Waals surface area contributed by atoms with Crippen LogP contribution in [0.5, 0.6) is 0 Å². The van der Waals surface area contributed by atoms with Gasteiger partial charge in [0, 0.05) is 30.9 Å². The van der Waals surface area contributed by atoms with Crippen LogP contribution in [0.15, 0.2) is 48.5 Å². The third kappa shape index (κ3) is 3.95. The summed E-state index contributed by atoms with van der Waals surface area (Å²) in [5.41, 5.74) is 4.12. The second kappa shape index (κ2) is 8.46. The zero-order chi connectivity index (χ0) is 20.5. The van der Waals surface area contributed by atoms with E-state index in [0.29, 0.717) is 34.0 Å². The number of benzene rings is 2. The quantitative estimate of drug-likeness (QED) is 0.515. The molecule has 9 heteroatoms. The average Bonchev–Trinajstić information content (AvgIpc) is 3.02. The van der Waals surface area contributed by atoms with Crippen molar-refractivity contribution in [2.24, 2.45) is 7.05 Å². The average molecular weight is 427 g/mol. The lowest BCUT2D eigenvalue weighted by Gasteiger charge is -2.11. The molecule has 2 aromatic carbocycles. The number of carbonyl (C=O) groups is 1. The number of amides is 1. The van der Waals surface area contributed by atoms with Crippen molar-refractivity contribution in [1.29, 1.82) is 0 Å². The molecule has 0 aliphatic carbocycles. The predicted octanol–water partition coefficient (Wildman–Crippen LogP) is 4.00. The zero-order valence-electron chi connectivity index (χ0n) is 16.6. The maximum atomic E-state index is 13.3. The Morgan fingerprint density at radius 3 is 2.53 bits per heavy atom. The van der Waals surface area contributed by atoms with Gasteiger partial charge >= 0.3 is 0 Å². The summed E-state index contributed by atoms with van der Waals surface area (Å²) in [5.74, 6) is 0.506. The van der Waals surface area contributed by atoms with Crippen LogP contribution in [0, 0.1) is 12.7 Å². The van der Waals surface area contributed by atoms with Gasteiger partial charge in [0.05, 0.1) is 5.69 Å². The standard InChI is InChI=1S/C21H19FN6O.ClH/c1-12-17-18(28(3)27-12)20(24-16-6-4-5-14(11-16)21(29)23-2)26-19(25-17)13-7-9-15(22)10-8-13;/h4-11H,1-3H3,(H,23,29)(H,24,25,26);1H. The Morgan fingerprint density at radius 1 is 1.10 bits per heavy atom. The van der Waals surface area contributed by atoms with Crippen LogP contribution < -0.4 is 10.6 Å². The second-order valence-electron chi connectivity index (χ2n) is 6.59. The van der Waals surface area contributed by atoms with Crippen LogP contribution in [0.3, 0.4) is 0 Å². The Bertz CT molecular complexity index is 1220. The highest BCUT2D eigenvalue weighted by molar-refractivity contribution is 5.96. The van der Waals surface area contributed by atoms with Gasteiger partial charge in [-0.05, 0) is 49.4 Å². The normalized spacial score (nSPS) is 10.5. The van der Waals surface area contributed by atoms with Gasteiger partial charge in [-0.15, -0.1) is 12.4 Å². The van der Waals surface area contributed by atoms with Gasteiger partial charge < -0.3 is 10.6 Å². The van der Waals surface area contributed by atoms with E-state index in [2.05, 4.69) is 25.7 Å². The molecule has 0 atom stereocenters. The number of carbonyl (C=O) groups excluding carboxylic acids is 1. The highest BCUT2D eigenvalue weighted by Gasteiger charge is 2.17. The molecule has 7 nitrogen and oxygen atoms in total. The van der Waals surface area contributed by atoms with E-state index >= 15 is 0 Å².